The molecule has 0 aromatic rings. The van der Waals surface area contributed by atoms with E-state index in [1.807, 2.05) is 0 Å². The fraction of sp³-hybridized carbons (Fsp3) is 0.333. The van der Waals surface area contributed by atoms with Gasteiger partial charge in [0, 0.05) is 0 Å². The number of hydrogen-bond acceptors (Lipinski definition) is 6. The van der Waals surface area contributed by atoms with Crippen LogP contribution in [-0.2, 0) is 19.2 Å². The molecule has 2 atom stereocenters. The maximum absolute atomic E-state index is 11.5. The summed E-state index contributed by atoms with van der Waals surface area (Å²) >= 11 is 0. The average Bonchev–Trinajstić information content (AvgIpc) is 2.39. The third-order valence-corrected chi connectivity index (χ3v) is 5.15. The maximum Gasteiger partial charge on any atom is 0.304 e. The van der Waals surface area contributed by atoms with Gasteiger partial charge in [0.15, 0.2) is 11.6 Å². The molecule has 0 amide bonds. The summed E-state index contributed by atoms with van der Waals surface area (Å²) in [5.74, 6) is -3.29. The minimum absolute atomic E-state index is 0.426. The minimum atomic E-state index is -1.16. The molecule has 20 heavy (non-hydrogen) atoms. The molecule has 0 saturated heterocycles. The predicted molar refractivity (Wildman–Crippen MR) is 77.7 cm³/mol. The monoisotopic (exact) mass is 318 g/mol. The summed E-state index contributed by atoms with van der Waals surface area (Å²) < 4.78 is 0. The van der Waals surface area contributed by atoms with Crippen LogP contribution in [0.1, 0.15) is 12.8 Å². The highest BCUT2D eigenvalue weighted by molar-refractivity contribution is 8.77. The van der Waals surface area contributed by atoms with Crippen LogP contribution in [0.2, 0.25) is 0 Å². The molecule has 8 heteroatoms. The molecule has 0 aliphatic rings. The fourth-order valence-corrected chi connectivity index (χ4v) is 3.93. The van der Waals surface area contributed by atoms with Crippen molar-refractivity contribution < 1.29 is 29.4 Å². The van der Waals surface area contributed by atoms with Crippen molar-refractivity contribution in [3.8, 4) is 0 Å². The first-order valence-electron chi connectivity index (χ1n) is 5.40. The number of ketones is 2. The number of carboxylic acid groups (broad SMARTS) is 2. The Morgan fingerprint density at radius 2 is 1.15 bits per heavy atom. The van der Waals surface area contributed by atoms with Crippen LogP contribution >= 0.6 is 21.6 Å². The summed E-state index contributed by atoms with van der Waals surface area (Å²) in [4.78, 5) is 44.3. The van der Waals surface area contributed by atoms with Gasteiger partial charge in [-0.15, -0.1) is 0 Å². The minimum Gasteiger partial charge on any atom is -0.481 e. The molecule has 2 unspecified atom stereocenters. The largest absolute Gasteiger partial charge is 0.481 e. The van der Waals surface area contributed by atoms with Gasteiger partial charge >= 0.3 is 11.9 Å². The van der Waals surface area contributed by atoms with Crippen molar-refractivity contribution in [3.05, 3.63) is 25.3 Å². The summed E-state index contributed by atoms with van der Waals surface area (Å²) in [6.45, 7) is 6.55. The van der Waals surface area contributed by atoms with Gasteiger partial charge in [-0.1, -0.05) is 34.7 Å². The van der Waals surface area contributed by atoms with Gasteiger partial charge in [-0.05, 0) is 12.2 Å². The molecule has 0 heterocycles. The number of carbonyl (C=O) groups excluding carboxylic acids is 2. The first-order chi connectivity index (χ1) is 9.31. The zero-order valence-electron chi connectivity index (χ0n) is 10.5. The lowest BCUT2D eigenvalue weighted by Crippen LogP contribution is -2.21. The molecule has 0 bridgehead atoms. The third-order valence-electron chi connectivity index (χ3n) is 2.04. The molecule has 0 spiro atoms. The second-order valence-corrected chi connectivity index (χ2v) is 6.26. The lowest BCUT2D eigenvalue weighted by atomic mass is 10.2. The van der Waals surface area contributed by atoms with Crippen LogP contribution < -0.4 is 0 Å². The molecule has 2 N–H and O–H groups in total. The summed E-state index contributed by atoms with van der Waals surface area (Å²) in [6, 6.07) is 0. The van der Waals surface area contributed by atoms with Crippen LogP contribution in [0.3, 0.4) is 0 Å². The van der Waals surface area contributed by atoms with Gasteiger partial charge < -0.3 is 10.2 Å². The normalized spacial score (nSPS) is 13.0. The van der Waals surface area contributed by atoms with Gasteiger partial charge in [-0.25, -0.2) is 0 Å². The lowest BCUT2D eigenvalue weighted by Gasteiger charge is -2.14. The highest BCUT2D eigenvalue weighted by atomic mass is 33.1. The number of allylic oxidation sites excluding steroid dienone is 2. The van der Waals surface area contributed by atoms with E-state index < -0.39 is 46.8 Å². The summed E-state index contributed by atoms with van der Waals surface area (Å²) in [5.41, 5.74) is 0. The molecule has 0 aliphatic carbocycles. The van der Waals surface area contributed by atoms with Crippen molar-refractivity contribution in [2.75, 3.05) is 0 Å². The van der Waals surface area contributed by atoms with Gasteiger partial charge in [0.05, 0.1) is 23.3 Å². The van der Waals surface area contributed by atoms with Crippen LogP contribution in [0, 0.1) is 0 Å². The van der Waals surface area contributed by atoms with E-state index in [2.05, 4.69) is 13.2 Å². The Labute approximate surface area is 123 Å². The molecular formula is C12H14O6S2. The molecule has 0 aromatic carbocycles. The average molecular weight is 318 g/mol. The SMILES string of the molecule is C=CC(=O)C(CC(=O)O)SSC(CC(=O)O)C(=O)C=C. The van der Waals surface area contributed by atoms with E-state index in [4.69, 9.17) is 10.2 Å². The maximum atomic E-state index is 11.5. The fourth-order valence-electron chi connectivity index (χ4n) is 1.08. The highest BCUT2D eigenvalue weighted by Crippen LogP contribution is 2.35. The molecule has 0 fully saturated rings. The van der Waals surface area contributed by atoms with E-state index in [1.165, 1.54) is 0 Å². The number of rotatable bonds is 11. The lowest BCUT2D eigenvalue weighted by molar-refractivity contribution is -0.138. The predicted octanol–water partition coefficient (Wildman–Crippen LogP) is 1.56. The molecule has 0 aromatic heterocycles. The molecule has 0 radical (unpaired) electrons. The Balaban J connectivity index is 4.75. The smallest absolute Gasteiger partial charge is 0.304 e. The highest BCUT2D eigenvalue weighted by Gasteiger charge is 2.26. The van der Waals surface area contributed by atoms with Gasteiger partial charge in [0.25, 0.3) is 0 Å². The van der Waals surface area contributed by atoms with E-state index in [-0.39, 0.29) is 0 Å². The summed E-state index contributed by atoms with van der Waals surface area (Å²) in [5, 5.41) is 15.6. The molecule has 110 valence electrons. The molecular weight excluding hydrogens is 304 g/mol. The molecule has 0 rings (SSSR count). The standard InChI is InChI=1S/C12H14O6S2/c1-3-7(13)9(5-11(15)16)19-20-10(6-12(17)18)8(14)4-2/h3-4,9-10H,1-2,5-6H2,(H,15,16)(H,17,18). The van der Waals surface area contributed by atoms with E-state index in [0.717, 1.165) is 33.7 Å². The van der Waals surface area contributed by atoms with Crippen LogP contribution in [0.25, 0.3) is 0 Å². The first-order valence-corrected chi connectivity index (χ1v) is 7.67. The van der Waals surface area contributed by atoms with Crippen molar-refractivity contribution in [3.63, 3.8) is 0 Å². The zero-order chi connectivity index (χ0) is 15.7. The van der Waals surface area contributed by atoms with E-state index in [9.17, 15) is 19.2 Å². The Hall–Kier alpha value is -1.54. The quantitative estimate of drug-likeness (QED) is 0.436. The second-order valence-electron chi connectivity index (χ2n) is 3.58. The zero-order valence-corrected chi connectivity index (χ0v) is 12.1. The van der Waals surface area contributed by atoms with E-state index in [0.29, 0.717) is 0 Å². The van der Waals surface area contributed by atoms with Gasteiger partial charge in [-0.3, -0.25) is 19.2 Å². The topological polar surface area (TPSA) is 109 Å². The van der Waals surface area contributed by atoms with Crippen molar-refractivity contribution in [2.24, 2.45) is 0 Å². The van der Waals surface area contributed by atoms with Gasteiger partial charge in [-0.2, -0.15) is 0 Å². The summed E-state index contributed by atoms with van der Waals surface area (Å²) in [7, 11) is 1.72. The Morgan fingerprint density at radius 3 is 1.35 bits per heavy atom. The Bertz CT molecular complexity index is 392. The molecule has 0 saturated carbocycles. The number of carboxylic acids is 2. The summed E-state index contributed by atoms with van der Waals surface area (Å²) in [6.07, 6.45) is 1.15. The van der Waals surface area contributed by atoms with Crippen LogP contribution in [0.15, 0.2) is 25.3 Å². The van der Waals surface area contributed by atoms with E-state index >= 15 is 0 Å². The van der Waals surface area contributed by atoms with Crippen LogP contribution in [0.4, 0.5) is 0 Å². The third kappa shape index (κ3) is 7.15. The molecule has 6 nitrogen and oxygen atoms in total. The van der Waals surface area contributed by atoms with Crippen LogP contribution in [-0.4, -0.2) is 44.2 Å². The van der Waals surface area contributed by atoms with Gasteiger partial charge in [0.2, 0.25) is 0 Å². The van der Waals surface area contributed by atoms with E-state index in [1.54, 1.807) is 0 Å². The number of hydrogen-bond donors (Lipinski definition) is 2. The van der Waals surface area contributed by atoms with Gasteiger partial charge in [0.1, 0.15) is 0 Å². The van der Waals surface area contributed by atoms with Crippen LogP contribution in [0.5, 0.6) is 0 Å². The van der Waals surface area contributed by atoms with Crippen molar-refractivity contribution in [1.82, 2.24) is 0 Å². The first kappa shape index (κ1) is 18.5. The number of carbonyl (C=O) groups is 4. The molecule has 0 aliphatic heterocycles. The van der Waals surface area contributed by atoms with Crippen molar-refractivity contribution in [1.29, 1.82) is 0 Å². The second kappa shape index (κ2) is 9.38. The number of aliphatic carboxylic acids is 2. The Morgan fingerprint density at radius 1 is 0.850 bits per heavy atom. The van der Waals surface area contributed by atoms with Crippen molar-refractivity contribution >= 4 is 45.1 Å². The Kier molecular flexibility index (Phi) is 8.66. The van der Waals surface area contributed by atoms with Crippen molar-refractivity contribution in [2.45, 2.75) is 23.3 Å².